The molecule has 6 heteroatoms. The lowest BCUT2D eigenvalue weighted by Crippen LogP contribution is -1.93. The normalized spacial score (nSPS) is 11.6. The van der Waals surface area contributed by atoms with Gasteiger partial charge in [-0.05, 0) is 149 Å². The van der Waals surface area contributed by atoms with Gasteiger partial charge in [-0.15, -0.1) is 0 Å². The van der Waals surface area contributed by atoms with Crippen LogP contribution in [0.2, 0.25) is 0 Å². The van der Waals surface area contributed by atoms with Crippen LogP contribution >= 0.6 is 0 Å². The molecule has 0 aliphatic rings. The minimum atomic E-state index is 0.634. The van der Waals surface area contributed by atoms with E-state index in [2.05, 4.69) is 215 Å². The minimum absolute atomic E-state index is 0.634. The summed E-state index contributed by atoms with van der Waals surface area (Å²) < 4.78 is 12.0. The monoisotopic (exact) mass is 996 g/mol. The van der Waals surface area contributed by atoms with E-state index < -0.39 is 0 Å². The van der Waals surface area contributed by atoms with Gasteiger partial charge in [-0.2, -0.15) is 0 Å². The van der Waals surface area contributed by atoms with Crippen molar-refractivity contribution in [3.05, 3.63) is 267 Å². The Hall–Kier alpha value is -10.6. The lowest BCUT2D eigenvalue weighted by atomic mass is 9.85. The van der Waals surface area contributed by atoms with Crippen molar-refractivity contribution in [2.75, 3.05) is 0 Å². The van der Waals surface area contributed by atoms with E-state index in [1.807, 2.05) is 67.0 Å². The highest BCUT2D eigenvalue weighted by molar-refractivity contribution is 6.24. The molecule has 0 unspecified atom stereocenters. The minimum Gasteiger partial charge on any atom is -0.436 e. The molecule has 0 N–H and O–H groups in total. The van der Waals surface area contributed by atoms with E-state index in [0.717, 1.165) is 66.4 Å². The third kappa shape index (κ3) is 7.65. The third-order valence-corrected chi connectivity index (χ3v) is 15.1. The molecule has 0 amide bonds. The molecular formula is C72H44N4O2. The molecule has 4 heterocycles. The number of pyridine rings is 2. The maximum absolute atomic E-state index is 6.02. The number of rotatable bonds is 6. The first-order valence-electron chi connectivity index (χ1n) is 26.2. The molecule has 0 atom stereocenters. The first kappa shape index (κ1) is 44.9. The third-order valence-electron chi connectivity index (χ3n) is 15.1. The van der Waals surface area contributed by atoms with E-state index in [1.165, 1.54) is 76.3 Å². The molecule has 0 spiro atoms. The summed E-state index contributed by atoms with van der Waals surface area (Å²) in [6.45, 7) is 0. The van der Waals surface area contributed by atoms with Crippen LogP contribution in [0.15, 0.2) is 276 Å². The Morgan fingerprint density at radius 3 is 1.12 bits per heavy atom. The second kappa shape index (κ2) is 18.7. The van der Waals surface area contributed by atoms with Crippen LogP contribution in [0.1, 0.15) is 0 Å². The zero-order valence-corrected chi connectivity index (χ0v) is 42.0. The molecule has 16 rings (SSSR count). The van der Waals surface area contributed by atoms with E-state index >= 15 is 0 Å². The molecule has 12 aromatic carbocycles. The number of oxazole rings is 2. The average Bonchev–Trinajstić information content (AvgIpc) is 4.29. The molecular weight excluding hydrogens is 953 g/mol. The predicted octanol–water partition coefficient (Wildman–Crippen LogP) is 19.4. The lowest BCUT2D eigenvalue weighted by molar-refractivity contribution is 0.619. The highest BCUT2D eigenvalue weighted by Gasteiger charge is 2.21. The summed E-state index contributed by atoms with van der Waals surface area (Å²) >= 11 is 0. The van der Waals surface area contributed by atoms with E-state index in [4.69, 9.17) is 13.8 Å². The van der Waals surface area contributed by atoms with E-state index in [1.54, 1.807) is 0 Å². The first-order chi connectivity index (χ1) is 38.7. The van der Waals surface area contributed by atoms with Gasteiger partial charge in [0.15, 0.2) is 11.2 Å². The summed E-state index contributed by atoms with van der Waals surface area (Å²) in [6.07, 6.45) is 3.77. The number of benzene rings is 12. The first-order valence-corrected chi connectivity index (χ1v) is 26.2. The van der Waals surface area contributed by atoms with Crippen molar-refractivity contribution < 1.29 is 8.83 Å². The number of aromatic nitrogens is 4. The maximum atomic E-state index is 6.02. The van der Waals surface area contributed by atoms with Crippen molar-refractivity contribution in [2.24, 2.45) is 0 Å². The Bertz CT molecular complexity index is 4790. The molecule has 0 aliphatic heterocycles. The van der Waals surface area contributed by atoms with Gasteiger partial charge in [0, 0.05) is 39.9 Å². The van der Waals surface area contributed by atoms with Crippen molar-refractivity contribution >= 4 is 87.0 Å². The molecule has 0 aliphatic carbocycles. The van der Waals surface area contributed by atoms with Gasteiger partial charge < -0.3 is 8.83 Å². The fraction of sp³-hybridized carbons (Fsp3) is 0. The smallest absolute Gasteiger partial charge is 0.227 e. The van der Waals surface area contributed by atoms with Crippen LogP contribution in [0.5, 0.6) is 0 Å². The van der Waals surface area contributed by atoms with Crippen LogP contribution in [0.4, 0.5) is 0 Å². The van der Waals surface area contributed by atoms with Crippen LogP contribution in [0.3, 0.4) is 0 Å². The second-order valence-corrected chi connectivity index (χ2v) is 19.6. The van der Waals surface area contributed by atoms with Gasteiger partial charge in [-0.1, -0.05) is 188 Å². The van der Waals surface area contributed by atoms with Gasteiger partial charge in [0.1, 0.15) is 11.0 Å². The number of hydrogen-bond acceptors (Lipinski definition) is 6. The predicted molar refractivity (Wildman–Crippen MR) is 321 cm³/mol. The summed E-state index contributed by atoms with van der Waals surface area (Å²) in [5, 5.41) is 13.2. The van der Waals surface area contributed by atoms with E-state index in [9.17, 15) is 0 Å². The van der Waals surface area contributed by atoms with Crippen molar-refractivity contribution in [3.63, 3.8) is 0 Å². The summed E-state index contributed by atoms with van der Waals surface area (Å²) in [5.74, 6) is 1.27. The summed E-state index contributed by atoms with van der Waals surface area (Å²) in [4.78, 5) is 18.9. The molecule has 0 saturated heterocycles. The molecule has 0 fully saturated rings. The van der Waals surface area contributed by atoms with Crippen molar-refractivity contribution in [2.45, 2.75) is 0 Å². The van der Waals surface area contributed by atoms with Gasteiger partial charge in [0.05, 0.1) is 11.2 Å². The zero-order chi connectivity index (χ0) is 51.5. The largest absolute Gasteiger partial charge is 0.436 e. The zero-order valence-electron chi connectivity index (χ0n) is 42.0. The molecule has 364 valence electrons. The van der Waals surface area contributed by atoms with Crippen molar-refractivity contribution in [1.82, 2.24) is 19.9 Å². The summed E-state index contributed by atoms with van der Waals surface area (Å²) in [7, 11) is 0. The number of fused-ring (bicyclic) bond motifs is 8. The van der Waals surface area contributed by atoms with E-state index in [0.29, 0.717) is 11.8 Å². The molecule has 6 nitrogen and oxygen atoms in total. The summed E-state index contributed by atoms with van der Waals surface area (Å²) in [6, 6.07) is 88.9. The van der Waals surface area contributed by atoms with Gasteiger partial charge in [0.2, 0.25) is 11.8 Å². The molecule has 0 radical (unpaired) electrons. The molecule has 0 bridgehead atoms. The van der Waals surface area contributed by atoms with Crippen LogP contribution in [-0.4, -0.2) is 19.9 Å². The van der Waals surface area contributed by atoms with Gasteiger partial charge in [-0.3, -0.25) is 9.97 Å². The quantitative estimate of drug-likeness (QED) is 0.154. The SMILES string of the molecule is c1ccc2c(-c3c4ccccc4c(-c4ccc(-c5nc6ccccc6o5)cc4)c4ccccc34)nccc2c1.c1cnc2cc(-c3c4ccccc4c(-c4ccc(-c5nc6ccccc6o5)cc4)c4ccccc34)ccc2c1. The Labute approximate surface area is 448 Å². The fourth-order valence-corrected chi connectivity index (χ4v) is 11.5. The van der Waals surface area contributed by atoms with Crippen molar-refractivity contribution in [3.8, 4) is 67.5 Å². The van der Waals surface area contributed by atoms with Crippen molar-refractivity contribution in [1.29, 1.82) is 0 Å². The van der Waals surface area contributed by atoms with E-state index in [-0.39, 0.29) is 0 Å². The van der Waals surface area contributed by atoms with Gasteiger partial charge >= 0.3 is 0 Å². The Morgan fingerprint density at radius 2 is 0.628 bits per heavy atom. The molecule has 16 aromatic rings. The molecule has 78 heavy (non-hydrogen) atoms. The highest BCUT2D eigenvalue weighted by Crippen LogP contribution is 2.46. The average molecular weight is 997 g/mol. The Kier molecular flexibility index (Phi) is 10.7. The standard InChI is InChI=1S/2C36H22N2O/c1-3-11-29-27(9-1)34(24-16-18-25(19-17-24)36-38-31-13-5-6-14-33(31)39-36)28-10-2-4-12-30(28)35(29)26-20-15-23-8-7-21-37-32(23)22-26;1-2-10-26-23(9-1)21-22-37-35(26)34-29-13-5-3-11-27(29)33(28-12-4-6-14-30(28)34)24-17-19-25(20-18-24)36-38-31-15-7-8-16-32(31)39-36/h2*1-22H. The topological polar surface area (TPSA) is 77.8 Å². The van der Waals surface area contributed by atoms with Crippen LogP contribution in [0, 0.1) is 0 Å². The molecule has 4 aromatic heterocycles. The molecule has 0 saturated carbocycles. The Balaban J connectivity index is 0.000000136. The van der Waals surface area contributed by atoms with Gasteiger partial charge in [-0.25, -0.2) is 9.97 Å². The fourth-order valence-electron chi connectivity index (χ4n) is 11.5. The van der Waals surface area contributed by atoms with Crippen LogP contribution in [0.25, 0.3) is 155 Å². The number of nitrogens with zero attached hydrogens (tertiary/aromatic N) is 4. The second-order valence-electron chi connectivity index (χ2n) is 19.6. The highest BCUT2D eigenvalue weighted by atomic mass is 16.4. The van der Waals surface area contributed by atoms with Gasteiger partial charge in [0.25, 0.3) is 0 Å². The maximum Gasteiger partial charge on any atom is 0.227 e. The summed E-state index contributed by atoms with van der Waals surface area (Å²) in [5.41, 5.74) is 15.6. The Morgan fingerprint density at radius 1 is 0.244 bits per heavy atom. The van der Waals surface area contributed by atoms with Crippen LogP contribution in [-0.2, 0) is 0 Å². The number of hydrogen-bond donors (Lipinski definition) is 0. The lowest BCUT2D eigenvalue weighted by Gasteiger charge is -2.18. The van der Waals surface area contributed by atoms with Crippen LogP contribution < -0.4 is 0 Å². The number of para-hydroxylation sites is 4.